The summed E-state index contributed by atoms with van der Waals surface area (Å²) in [5.74, 6) is -0.414. The second-order valence-electron chi connectivity index (χ2n) is 7.93. The van der Waals surface area contributed by atoms with Gasteiger partial charge in [-0.05, 0) is 58.5 Å². The first-order valence-corrected chi connectivity index (χ1v) is 10.7. The molecule has 0 spiro atoms. The Labute approximate surface area is 195 Å². The number of halogens is 3. The first kappa shape index (κ1) is 23.5. The third kappa shape index (κ3) is 4.95. The van der Waals surface area contributed by atoms with Crippen molar-refractivity contribution in [2.75, 3.05) is 20.8 Å². The van der Waals surface area contributed by atoms with Crippen molar-refractivity contribution >= 4 is 5.91 Å². The number of amides is 1. The van der Waals surface area contributed by atoms with E-state index in [2.05, 4.69) is 0 Å². The van der Waals surface area contributed by atoms with Crippen LogP contribution in [0.4, 0.5) is 13.2 Å². The first-order chi connectivity index (χ1) is 16.3. The van der Waals surface area contributed by atoms with Gasteiger partial charge >= 0.3 is 12.1 Å². The van der Waals surface area contributed by atoms with Gasteiger partial charge < -0.3 is 19.1 Å². The molecule has 3 aromatic rings. The van der Waals surface area contributed by atoms with E-state index >= 15 is 0 Å². The van der Waals surface area contributed by atoms with Gasteiger partial charge in [0, 0.05) is 13.1 Å². The molecule has 0 fully saturated rings. The van der Waals surface area contributed by atoms with Gasteiger partial charge in [-0.25, -0.2) is 0 Å². The van der Waals surface area contributed by atoms with Crippen LogP contribution in [0.1, 0.15) is 16.7 Å². The molecule has 0 unspecified atom stereocenters. The molecule has 34 heavy (non-hydrogen) atoms. The van der Waals surface area contributed by atoms with Crippen LogP contribution in [0.3, 0.4) is 0 Å². The van der Waals surface area contributed by atoms with Crippen molar-refractivity contribution in [1.82, 2.24) is 4.90 Å². The highest BCUT2D eigenvalue weighted by Crippen LogP contribution is 2.40. The molecular formula is C26H24F3NO4. The van der Waals surface area contributed by atoms with Crippen molar-refractivity contribution < 1.29 is 32.2 Å². The van der Waals surface area contributed by atoms with Crippen LogP contribution >= 0.6 is 0 Å². The molecule has 4 rings (SSSR count). The van der Waals surface area contributed by atoms with E-state index < -0.39 is 12.1 Å². The number of hydrogen-bond acceptors (Lipinski definition) is 4. The molecule has 0 N–H and O–H groups in total. The van der Waals surface area contributed by atoms with Crippen molar-refractivity contribution in [3.8, 4) is 28.4 Å². The van der Waals surface area contributed by atoms with Crippen LogP contribution in [-0.2, 0) is 24.4 Å². The number of fused-ring (bicyclic) bond motifs is 3. The van der Waals surface area contributed by atoms with E-state index in [0.717, 1.165) is 21.6 Å². The second-order valence-corrected chi connectivity index (χ2v) is 7.93. The molecule has 1 aliphatic rings. The van der Waals surface area contributed by atoms with Crippen molar-refractivity contribution in [2.24, 2.45) is 0 Å². The molecule has 0 aromatic heterocycles. The summed E-state index contributed by atoms with van der Waals surface area (Å²) in [4.78, 5) is 12.9. The van der Waals surface area contributed by atoms with Crippen LogP contribution in [0.15, 0.2) is 60.7 Å². The third-order valence-electron chi connectivity index (χ3n) is 5.77. The quantitative estimate of drug-likeness (QED) is 0.500. The lowest BCUT2D eigenvalue weighted by molar-refractivity contribution is -0.186. The van der Waals surface area contributed by atoms with E-state index in [4.69, 9.17) is 14.2 Å². The lowest BCUT2D eigenvalue weighted by Crippen LogP contribution is -2.42. The van der Waals surface area contributed by atoms with Gasteiger partial charge in [0.15, 0.2) is 11.5 Å². The molecule has 0 bridgehead atoms. The Balaban J connectivity index is 1.76. The topological polar surface area (TPSA) is 48.0 Å². The molecule has 0 saturated heterocycles. The molecule has 0 atom stereocenters. The summed E-state index contributed by atoms with van der Waals surface area (Å²) in [6, 6.07) is 18.6. The molecule has 0 saturated carbocycles. The minimum atomic E-state index is -4.95. The molecule has 1 heterocycles. The maximum Gasteiger partial charge on any atom is 0.471 e. The van der Waals surface area contributed by atoms with Crippen LogP contribution in [0.5, 0.6) is 17.2 Å². The highest BCUT2D eigenvalue weighted by atomic mass is 19.4. The van der Waals surface area contributed by atoms with E-state index in [0.29, 0.717) is 35.0 Å². The number of methoxy groups -OCH3 is 2. The maximum absolute atomic E-state index is 13.2. The maximum atomic E-state index is 13.2. The number of carbonyl (C=O) groups is 1. The summed E-state index contributed by atoms with van der Waals surface area (Å²) in [5.41, 5.74) is 3.83. The largest absolute Gasteiger partial charge is 0.493 e. The van der Waals surface area contributed by atoms with Crippen LogP contribution in [0, 0.1) is 0 Å². The summed E-state index contributed by atoms with van der Waals surface area (Å²) < 4.78 is 56.5. The number of nitrogens with zero attached hydrogens (tertiary/aromatic N) is 1. The Hall–Kier alpha value is -3.68. The standard InChI is InChI=1S/C26H24F3NO4/c1-32-23-12-19-15-30(25(31)26(27,28)29)11-10-18-8-9-20(34-16-17-6-4-3-5-7-17)13-21(18)22(19)14-24(23)33-2/h3-9,12-14H,10-11,15-16H2,1-2H3. The summed E-state index contributed by atoms with van der Waals surface area (Å²) in [7, 11) is 2.95. The van der Waals surface area contributed by atoms with Crippen LogP contribution in [-0.4, -0.2) is 37.7 Å². The van der Waals surface area contributed by atoms with Crippen LogP contribution in [0.2, 0.25) is 0 Å². The smallest absolute Gasteiger partial charge is 0.471 e. The van der Waals surface area contributed by atoms with Crippen LogP contribution in [0.25, 0.3) is 11.1 Å². The Morgan fingerprint density at radius 1 is 0.912 bits per heavy atom. The Morgan fingerprint density at radius 3 is 2.26 bits per heavy atom. The van der Waals surface area contributed by atoms with E-state index in [-0.39, 0.29) is 19.5 Å². The number of rotatable bonds is 5. The number of carbonyl (C=O) groups excluding carboxylic acids is 1. The van der Waals surface area contributed by atoms with E-state index in [1.165, 1.54) is 14.2 Å². The number of benzene rings is 3. The normalized spacial score (nSPS) is 13.3. The summed E-state index contributed by atoms with van der Waals surface area (Å²) in [6.07, 6.45) is -4.68. The average molecular weight is 471 g/mol. The molecule has 0 aliphatic carbocycles. The molecule has 178 valence electrons. The summed E-state index contributed by atoms with van der Waals surface area (Å²) in [6.45, 7) is 0.109. The third-order valence-corrected chi connectivity index (χ3v) is 5.77. The van der Waals surface area contributed by atoms with Crippen molar-refractivity contribution in [3.63, 3.8) is 0 Å². The highest BCUT2D eigenvalue weighted by molar-refractivity contribution is 5.83. The van der Waals surface area contributed by atoms with Crippen molar-refractivity contribution in [1.29, 1.82) is 0 Å². The van der Waals surface area contributed by atoms with Gasteiger partial charge in [-0.1, -0.05) is 36.4 Å². The Bertz CT molecular complexity index is 1180. The number of alkyl halides is 3. The molecule has 8 heteroatoms. The zero-order chi connectivity index (χ0) is 24.3. The zero-order valence-corrected chi connectivity index (χ0v) is 18.8. The molecule has 1 amide bonds. The highest BCUT2D eigenvalue weighted by Gasteiger charge is 2.42. The molecule has 5 nitrogen and oxygen atoms in total. The van der Waals surface area contributed by atoms with Gasteiger partial charge in [0.05, 0.1) is 14.2 Å². The predicted octanol–water partition coefficient (Wildman–Crippen LogP) is 5.40. The van der Waals surface area contributed by atoms with E-state index in [1.54, 1.807) is 18.2 Å². The summed E-state index contributed by atoms with van der Waals surface area (Å²) >= 11 is 0. The lowest BCUT2D eigenvalue weighted by Gasteiger charge is -2.29. The van der Waals surface area contributed by atoms with Gasteiger partial charge in [-0.15, -0.1) is 0 Å². The van der Waals surface area contributed by atoms with Crippen molar-refractivity contribution in [2.45, 2.75) is 25.7 Å². The fourth-order valence-electron chi connectivity index (χ4n) is 4.05. The van der Waals surface area contributed by atoms with Gasteiger partial charge in [-0.3, -0.25) is 4.79 Å². The van der Waals surface area contributed by atoms with Crippen molar-refractivity contribution in [3.05, 3.63) is 77.4 Å². The fourth-order valence-corrected chi connectivity index (χ4v) is 4.05. The van der Waals surface area contributed by atoms with E-state index in [1.807, 2.05) is 42.5 Å². The van der Waals surface area contributed by atoms with Gasteiger partial charge in [0.25, 0.3) is 0 Å². The van der Waals surface area contributed by atoms with Gasteiger partial charge in [0.2, 0.25) is 0 Å². The van der Waals surface area contributed by atoms with E-state index in [9.17, 15) is 18.0 Å². The minimum absolute atomic E-state index is 0.0661. The molecule has 3 aromatic carbocycles. The molecular weight excluding hydrogens is 447 g/mol. The monoisotopic (exact) mass is 471 g/mol. The van der Waals surface area contributed by atoms with Gasteiger partial charge in [0.1, 0.15) is 12.4 Å². The molecule has 1 aliphatic heterocycles. The first-order valence-electron chi connectivity index (χ1n) is 10.7. The minimum Gasteiger partial charge on any atom is -0.493 e. The molecule has 0 radical (unpaired) electrons. The predicted molar refractivity (Wildman–Crippen MR) is 121 cm³/mol. The Morgan fingerprint density at radius 2 is 1.59 bits per heavy atom. The van der Waals surface area contributed by atoms with Gasteiger partial charge in [-0.2, -0.15) is 13.2 Å². The zero-order valence-electron chi connectivity index (χ0n) is 18.8. The fraction of sp³-hybridized carbons (Fsp3) is 0.269. The Kier molecular flexibility index (Phi) is 6.68. The lowest BCUT2D eigenvalue weighted by atomic mass is 9.91. The SMILES string of the molecule is COc1cc2c(cc1OC)-c1cc(OCc3ccccc3)ccc1CCN(C(=O)C(F)(F)F)C2. The van der Waals surface area contributed by atoms with Crippen LogP contribution < -0.4 is 14.2 Å². The number of hydrogen-bond donors (Lipinski definition) is 0. The summed E-state index contributed by atoms with van der Waals surface area (Å²) in [5, 5.41) is 0. The number of ether oxygens (including phenoxy) is 3. The second kappa shape index (κ2) is 9.67. The average Bonchev–Trinajstić information content (AvgIpc) is 2.83.